The lowest BCUT2D eigenvalue weighted by molar-refractivity contribution is 0.392. The number of nitrogens with one attached hydrogen (secondary N) is 1. The molecule has 7 nitrogen and oxygen atoms in total. The zero-order valence-electron chi connectivity index (χ0n) is 13.0. The van der Waals surface area contributed by atoms with Crippen LogP contribution in [0.3, 0.4) is 0 Å². The number of aryl methyl sites for hydroxylation is 2. The largest absolute Gasteiger partial charge is 0.361 e. The second kappa shape index (κ2) is 7.56. The summed E-state index contributed by atoms with van der Waals surface area (Å²) in [5, 5.41) is 20.0. The zero-order chi connectivity index (χ0) is 15.2. The minimum absolute atomic E-state index is 0.646. The van der Waals surface area contributed by atoms with E-state index in [0.29, 0.717) is 5.92 Å². The molecule has 2 rings (SSSR count). The van der Waals surface area contributed by atoms with E-state index in [0.717, 1.165) is 47.6 Å². The van der Waals surface area contributed by atoms with Crippen molar-refractivity contribution in [1.29, 1.82) is 0 Å². The Labute approximate surface area is 128 Å². The number of rotatable bonds is 8. The van der Waals surface area contributed by atoms with Gasteiger partial charge in [0.1, 0.15) is 5.76 Å². The number of nitrogens with zero attached hydrogens (tertiary/aromatic N) is 5. The van der Waals surface area contributed by atoms with Crippen molar-refractivity contribution in [3.63, 3.8) is 0 Å². The monoisotopic (exact) mass is 310 g/mol. The smallest absolute Gasteiger partial charge is 0.209 e. The minimum Gasteiger partial charge on any atom is -0.361 e. The van der Waals surface area contributed by atoms with Gasteiger partial charge in [0.15, 0.2) is 0 Å². The molecule has 0 fully saturated rings. The molecule has 8 heteroatoms. The zero-order valence-corrected chi connectivity index (χ0v) is 13.8. The third-order valence-electron chi connectivity index (χ3n) is 3.08. The lowest BCUT2D eigenvalue weighted by Gasteiger charge is -2.08. The predicted molar refractivity (Wildman–Crippen MR) is 81.1 cm³/mol. The first-order chi connectivity index (χ1) is 10.1. The maximum Gasteiger partial charge on any atom is 0.209 e. The van der Waals surface area contributed by atoms with Crippen LogP contribution in [-0.2, 0) is 12.3 Å². The fourth-order valence-corrected chi connectivity index (χ4v) is 2.92. The molecule has 0 aliphatic carbocycles. The van der Waals surface area contributed by atoms with Crippen molar-refractivity contribution in [3.8, 4) is 0 Å². The van der Waals surface area contributed by atoms with Crippen LogP contribution >= 0.6 is 11.8 Å². The fourth-order valence-electron chi connectivity index (χ4n) is 1.86. The van der Waals surface area contributed by atoms with E-state index in [1.54, 1.807) is 11.8 Å². The van der Waals surface area contributed by atoms with Crippen LogP contribution in [0.2, 0.25) is 0 Å². The third-order valence-corrected chi connectivity index (χ3v) is 4.06. The topological polar surface area (TPSA) is 81.7 Å². The second-order valence-corrected chi connectivity index (χ2v) is 6.32. The van der Waals surface area contributed by atoms with Gasteiger partial charge in [0.05, 0.1) is 12.2 Å². The van der Waals surface area contributed by atoms with Crippen molar-refractivity contribution >= 4 is 11.8 Å². The molecule has 2 aromatic heterocycles. The molecular weight excluding hydrogens is 288 g/mol. The first-order valence-corrected chi connectivity index (χ1v) is 8.08. The van der Waals surface area contributed by atoms with Gasteiger partial charge in [-0.1, -0.05) is 30.8 Å². The highest BCUT2D eigenvalue weighted by Gasteiger charge is 2.12. The minimum atomic E-state index is 0.646. The van der Waals surface area contributed by atoms with Gasteiger partial charge in [0.25, 0.3) is 0 Å². The van der Waals surface area contributed by atoms with Crippen molar-refractivity contribution in [2.75, 3.05) is 13.1 Å². The number of aromatic nitrogens is 5. The average molecular weight is 310 g/mol. The molecule has 0 spiro atoms. The fraction of sp³-hybridized carbons (Fsp3) is 0.692. The molecule has 0 amide bonds. The molecule has 2 heterocycles. The van der Waals surface area contributed by atoms with Crippen LogP contribution in [0.5, 0.6) is 0 Å². The van der Waals surface area contributed by atoms with Gasteiger partial charge >= 0.3 is 0 Å². The Kier molecular flexibility index (Phi) is 5.75. The Balaban J connectivity index is 1.86. The second-order valence-electron chi connectivity index (χ2n) is 5.37. The quantitative estimate of drug-likeness (QED) is 0.588. The molecule has 2 aromatic rings. The molecule has 0 unspecified atom stereocenters. The molecule has 0 aliphatic heterocycles. The Hall–Kier alpha value is -1.41. The van der Waals surface area contributed by atoms with Gasteiger partial charge in [-0.05, 0) is 36.7 Å². The van der Waals surface area contributed by atoms with E-state index in [2.05, 4.69) is 39.8 Å². The molecule has 1 N–H and O–H groups in total. The van der Waals surface area contributed by atoms with Crippen molar-refractivity contribution in [2.45, 2.75) is 45.1 Å². The Bertz CT molecular complexity index is 545. The summed E-state index contributed by atoms with van der Waals surface area (Å²) in [7, 11) is 0. The van der Waals surface area contributed by atoms with E-state index in [-0.39, 0.29) is 0 Å². The number of hydrogen-bond donors (Lipinski definition) is 1. The Morgan fingerprint density at radius 2 is 2.14 bits per heavy atom. The molecular formula is C13H22N6OS. The summed E-state index contributed by atoms with van der Waals surface area (Å²) < 4.78 is 6.99. The summed E-state index contributed by atoms with van der Waals surface area (Å²) in [5.74, 6) is 2.27. The number of tetrazole rings is 1. The molecule has 116 valence electrons. The molecule has 0 aromatic carbocycles. The highest BCUT2D eigenvalue weighted by atomic mass is 32.2. The maximum atomic E-state index is 5.17. The van der Waals surface area contributed by atoms with Crippen LogP contribution in [0.25, 0.3) is 0 Å². The van der Waals surface area contributed by atoms with Crippen LogP contribution in [0.4, 0.5) is 0 Å². The molecule has 0 saturated heterocycles. The van der Waals surface area contributed by atoms with Gasteiger partial charge in [0, 0.05) is 17.9 Å². The lowest BCUT2D eigenvalue weighted by Crippen LogP contribution is -2.24. The SMILES string of the molecule is Cc1noc(C)c1CSc1nnnn1CCNCC(C)C. The van der Waals surface area contributed by atoms with Crippen LogP contribution in [-0.4, -0.2) is 38.5 Å². The van der Waals surface area contributed by atoms with Gasteiger partial charge in [-0.15, -0.1) is 5.10 Å². The first kappa shape index (κ1) is 16.0. The predicted octanol–water partition coefficient (Wildman–Crippen LogP) is 1.82. The summed E-state index contributed by atoms with van der Waals surface area (Å²) in [6.45, 7) is 10.9. The van der Waals surface area contributed by atoms with E-state index in [1.807, 2.05) is 18.5 Å². The van der Waals surface area contributed by atoms with Gasteiger partial charge in [-0.3, -0.25) is 0 Å². The summed E-state index contributed by atoms with van der Waals surface area (Å²) >= 11 is 1.60. The number of hydrogen-bond acceptors (Lipinski definition) is 7. The summed E-state index contributed by atoms with van der Waals surface area (Å²) in [5.41, 5.74) is 2.05. The maximum absolute atomic E-state index is 5.17. The summed E-state index contributed by atoms with van der Waals surface area (Å²) in [4.78, 5) is 0. The molecule has 0 saturated carbocycles. The summed E-state index contributed by atoms with van der Waals surface area (Å²) in [6, 6.07) is 0. The molecule has 0 bridgehead atoms. The van der Waals surface area contributed by atoms with Crippen molar-refractivity contribution in [3.05, 3.63) is 17.0 Å². The van der Waals surface area contributed by atoms with Gasteiger partial charge < -0.3 is 9.84 Å². The molecule has 0 aliphatic rings. The van der Waals surface area contributed by atoms with Gasteiger partial charge in [-0.25, -0.2) is 4.68 Å². The highest BCUT2D eigenvalue weighted by Crippen LogP contribution is 2.23. The third kappa shape index (κ3) is 4.53. The van der Waals surface area contributed by atoms with E-state index in [1.165, 1.54) is 0 Å². The number of thioether (sulfide) groups is 1. The van der Waals surface area contributed by atoms with E-state index in [4.69, 9.17) is 4.52 Å². The Morgan fingerprint density at radius 1 is 1.33 bits per heavy atom. The van der Waals surface area contributed by atoms with Crippen molar-refractivity contribution < 1.29 is 4.52 Å². The molecule has 0 radical (unpaired) electrons. The lowest BCUT2D eigenvalue weighted by atomic mass is 10.2. The first-order valence-electron chi connectivity index (χ1n) is 7.09. The van der Waals surface area contributed by atoms with Crippen LogP contribution < -0.4 is 5.32 Å². The van der Waals surface area contributed by atoms with E-state index >= 15 is 0 Å². The van der Waals surface area contributed by atoms with Crippen LogP contribution in [0, 0.1) is 19.8 Å². The molecule has 21 heavy (non-hydrogen) atoms. The van der Waals surface area contributed by atoms with E-state index in [9.17, 15) is 0 Å². The van der Waals surface area contributed by atoms with Gasteiger partial charge in [0.2, 0.25) is 5.16 Å². The van der Waals surface area contributed by atoms with Crippen molar-refractivity contribution in [1.82, 2.24) is 30.7 Å². The van der Waals surface area contributed by atoms with E-state index < -0.39 is 0 Å². The summed E-state index contributed by atoms with van der Waals surface area (Å²) in [6.07, 6.45) is 0. The normalized spacial score (nSPS) is 11.5. The standard InChI is InChI=1S/C13H22N6OS/c1-9(2)7-14-5-6-19-13(15-17-18-19)21-8-12-10(3)16-20-11(12)4/h9,14H,5-8H2,1-4H3. The van der Waals surface area contributed by atoms with Crippen LogP contribution in [0.1, 0.15) is 30.9 Å². The van der Waals surface area contributed by atoms with Crippen LogP contribution in [0.15, 0.2) is 9.68 Å². The van der Waals surface area contributed by atoms with Crippen molar-refractivity contribution in [2.24, 2.45) is 5.92 Å². The Morgan fingerprint density at radius 3 is 2.81 bits per heavy atom. The highest BCUT2D eigenvalue weighted by molar-refractivity contribution is 7.98. The van der Waals surface area contributed by atoms with Gasteiger partial charge in [-0.2, -0.15) is 0 Å². The average Bonchev–Trinajstić information content (AvgIpc) is 3.00. The molecule has 0 atom stereocenters.